The summed E-state index contributed by atoms with van der Waals surface area (Å²) in [5.41, 5.74) is 0. The van der Waals surface area contributed by atoms with Crippen LogP contribution in [0.4, 0.5) is 0 Å². The van der Waals surface area contributed by atoms with Crippen LogP contribution in [0.15, 0.2) is 109 Å². The van der Waals surface area contributed by atoms with Gasteiger partial charge in [0, 0.05) is 12.8 Å². The fraction of sp³-hybridized carbons (Fsp3) is 0.787. The number of allylic oxidation sites excluding steroid dienone is 18. The summed E-state index contributed by atoms with van der Waals surface area (Å²) in [6.45, 7) is 4.37. The Labute approximate surface area is 646 Å². The van der Waals surface area contributed by atoms with Gasteiger partial charge in [-0.2, -0.15) is 0 Å². The molecule has 2 unspecified atom stereocenters. The highest BCUT2D eigenvalue weighted by Gasteiger charge is 2.27. The summed E-state index contributed by atoms with van der Waals surface area (Å²) in [7, 11) is 1.49. The van der Waals surface area contributed by atoms with Crippen LogP contribution in [0.3, 0.4) is 0 Å². The topological polar surface area (TPSA) is 108 Å². The number of esters is 2. The second-order valence-electron chi connectivity index (χ2n) is 31.3. The van der Waals surface area contributed by atoms with Crippen LogP contribution < -0.4 is 0 Å². The lowest BCUT2D eigenvalue weighted by atomic mass is 10.0. The van der Waals surface area contributed by atoms with Gasteiger partial charge in [0.25, 0.3) is 0 Å². The Hall–Kier alpha value is -3.33. The first-order valence-corrected chi connectivity index (χ1v) is 46.1. The molecule has 604 valence electrons. The lowest BCUT2D eigenvalue weighted by Crippen LogP contribution is -2.37. The molecule has 0 aliphatic carbocycles. The number of carbonyl (C=O) groups is 2. The van der Waals surface area contributed by atoms with Crippen LogP contribution in [-0.4, -0.2) is 74.9 Å². The van der Waals surface area contributed by atoms with Crippen molar-refractivity contribution >= 4 is 19.8 Å². The molecule has 0 rings (SSSR count). The summed E-state index contributed by atoms with van der Waals surface area (Å²) in [6, 6.07) is 0. The summed E-state index contributed by atoms with van der Waals surface area (Å²) >= 11 is 0. The van der Waals surface area contributed by atoms with E-state index >= 15 is 0 Å². The van der Waals surface area contributed by atoms with E-state index in [4.69, 9.17) is 18.5 Å². The van der Waals surface area contributed by atoms with E-state index in [0.29, 0.717) is 23.9 Å². The molecule has 10 heteroatoms. The average Bonchev–Trinajstić information content (AvgIpc) is 0.915. The van der Waals surface area contributed by atoms with Crippen molar-refractivity contribution in [2.75, 3.05) is 47.5 Å². The maximum atomic E-state index is 12.9. The van der Waals surface area contributed by atoms with Crippen LogP contribution in [0.5, 0.6) is 0 Å². The third kappa shape index (κ3) is 87.6. The van der Waals surface area contributed by atoms with E-state index in [1.165, 1.54) is 308 Å². The number of phosphoric acid groups is 1. The van der Waals surface area contributed by atoms with E-state index in [2.05, 4.69) is 123 Å². The lowest BCUT2D eigenvalue weighted by Gasteiger charge is -2.24. The normalized spacial score (nSPS) is 13.5. The largest absolute Gasteiger partial charge is 0.472 e. The second-order valence-corrected chi connectivity index (χ2v) is 32.7. The van der Waals surface area contributed by atoms with Crippen LogP contribution in [0.2, 0.25) is 0 Å². The van der Waals surface area contributed by atoms with Gasteiger partial charge in [0.1, 0.15) is 19.8 Å². The molecule has 0 aromatic heterocycles. The second kappa shape index (κ2) is 83.7. The summed E-state index contributed by atoms with van der Waals surface area (Å²) in [6.07, 6.45) is 120. The van der Waals surface area contributed by atoms with E-state index in [0.717, 1.165) is 83.5 Å². The molecule has 2 atom stereocenters. The Morgan fingerprint density at radius 2 is 0.548 bits per heavy atom. The van der Waals surface area contributed by atoms with Gasteiger partial charge in [0.2, 0.25) is 0 Å². The van der Waals surface area contributed by atoms with Gasteiger partial charge in [0.05, 0.1) is 27.7 Å². The molecule has 0 heterocycles. The molecule has 0 bridgehead atoms. The molecule has 0 saturated carbocycles. The Bertz CT molecular complexity index is 2130. The number of carbonyl (C=O) groups excluding carboxylic acids is 2. The van der Waals surface area contributed by atoms with Gasteiger partial charge in [-0.05, 0) is 103 Å². The number of quaternary nitrogens is 1. The van der Waals surface area contributed by atoms with Crippen molar-refractivity contribution in [3.63, 3.8) is 0 Å². The molecular formula is C94H171NO8P+. The van der Waals surface area contributed by atoms with Crippen molar-refractivity contribution in [3.05, 3.63) is 109 Å². The van der Waals surface area contributed by atoms with Crippen molar-refractivity contribution < 1.29 is 42.1 Å². The minimum atomic E-state index is -4.40. The molecule has 0 radical (unpaired) electrons. The van der Waals surface area contributed by atoms with Crippen LogP contribution in [-0.2, 0) is 32.7 Å². The zero-order valence-corrected chi connectivity index (χ0v) is 70.1. The third-order valence-electron chi connectivity index (χ3n) is 19.8. The number of rotatable bonds is 83. The number of nitrogens with zero attached hydrogens (tertiary/aromatic N) is 1. The van der Waals surface area contributed by atoms with Gasteiger partial charge >= 0.3 is 19.8 Å². The molecular weight excluding hydrogens is 1300 g/mol. The summed E-state index contributed by atoms with van der Waals surface area (Å²) in [5, 5.41) is 0. The summed E-state index contributed by atoms with van der Waals surface area (Å²) in [4.78, 5) is 36.1. The van der Waals surface area contributed by atoms with E-state index in [1.54, 1.807) is 0 Å². The van der Waals surface area contributed by atoms with Gasteiger partial charge in [-0.15, -0.1) is 0 Å². The van der Waals surface area contributed by atoms with Crippen molar-refractivity contribution in [2.45, 2.75) is 431 Å². The van der Waals surface area contributed by atoms with Gasteiger partial charge in [-0.25, -0.2) is 4.57 Å². The maximum absolute atomic E-state index is 12.9. The molecule has 0 aliphatic rings. The zero-order valence-electron chi connectivity index (χ0n) is 69.3. The summed E-state index contributed by atoms with van der Waals surface area (Å²) < 4.78 is 34.9. The SMILES string of the molecule is CC/C=C\C/C=C\C/C=C\C/C=C\C/C=C\C/C=C\C/C=C\CCCCCCCCCCCCCCCCCCCC(=O)OC(COC(=O)CCCCCCCCCCCCCCCCCCCCCCCCCCCCCCC/C=C\C/C=C\CCCCCCC)COP(=O)(O)OCC[N+](C)(C)C. The summed E-state index contributed by atoms with van der Waals surface area (Å²) in [5.74, 6) is -0.778. The molecule has 0 fully saturated rings. The van der Waals surface area contributed by atoms with Crippen LogP contribution in [0.1, 0.15) is 425 Å². The molecule has 1 N–H and O–H groups in total. The van der Waals surface area contributed by atoms with Gasteiger partial charge < -0.3 is 18.9 Å². The first kappa shape index (κ1) is 101. The Kier molecular flexibility index (Phi) is 81.0. The highest BCUT2D eigenvalue weighted by molar-refractivity contribution is 7.47. The average molecular weight is 1470 g/mol. The van der Waals surface area contributed by atoms with Crippen molar-refractivity contribution in [1.29, 1.82) is 0 Å². The predicted molar refractivity (Wildman–Crippen MR) is 455 cm³/mol. The van der Waals surface area contributed by atoms with E-state index in [9.17, 15) is 19.0 Å². The Morgan fingerprint density at radius 1 is 0.308 bits per heavy atom. The third-order valence-corrected chi connectivity index (χ3v) is 20.8. The molecule has 104 heavy (non-hydrogen) atoms. The van der Waals surface area contributed by atoms with E-state index < -0.39 is 26.5 Å². The van der Waals surface area contributed by atoms with Gasteiger partial charge in [0.15, 0.2) is 6.10 Å². The fourth-order valence-electron chi connectivity index (χ4n) is 13.0. The monoisotopic (exact) mass is 1470 g/mol. The Morgan fingerprint density at radius 3 is 0.817 bits per heavy atom. The highest BCUT2D eigenvalue weighted by atomic mass is 31.2. The van der Waals surface area contributed by atoms with Crippen LogP contribution in [0, 0.1) is 0 Å². The number of unbranched alkanes of at least 4 members (excludes halogenated alkanes) is 51. The standard InChI is InChI=1S/C94H170NO8P/c1-6-8-10-12-14-16-18-20-22-24-26-28-30-32-34-36-38-40-42-44-46-47-49-50-52-54-56-58-60-62-64-66-68-70-72-74-76-78-80-82-84-86-93(96)100-90-92(91-102-104(98,99)101-89-88-95(3,4)5)103-94(97)87-85-83-81-79-77-75-73-71-69-67-65-63-61-59-57-55-53-51-48-45-43-41-39-37-35-33-31-29-27-25-23-21-19-17-15-13-11-9-7-2/h9,11,15,17-18,20-21,23-24,26-27,29,33,35,39,41,45,48,92H,6-8,10,12-14,16,19,22,25,28,30-32,34,36-38,40,42-44,46-47,49-91H2,1-5H3/p+1/b11-9-,17-15-,20-18-,23-21-,26-24-,29-27-,35-33-,41-39-,48-45-. The number of phosphoric ester groups is 1. The smallest absolute Gasteiger partial charge is 0.462 e. The minimum Gasteiger partial charge on any atom is -0.462 e. The van der Waals surface area contributed by atoms with Crippen molar-refractivity contribution in [2.24, 2.45) is 0 Å². The van der Waals surface area contributed by atoms with Crippen molar-refractivity contribution in [1.82, 2.24) is 0 Å². The van der Waals surface area contributed by atoms with E-state index in [-0.39, 0.29) is 25.6 Å². The predicted octanol–water partition coefficient (Wildman–Crippen LogP) is 30.3. The highest BCUT2D eigenvalue weighted by Crippen LogP contribution is 2.43. The number of hydrogen-bond donors (Lipinski definition) is 1. The minimum absolute atomic E-state index is 0.0315. The molecule has 0 saturated heterocycles. The number of likely N-dealkylation sites (N-methyl/N-ethyl adjacent to an activating group) is 1. The van der Waals surface area contributed by atoms with Crippen LogP contribution in [0.25, 0.3) is 0 Å². The fourth-order valence-corrected chi connectivity index (χ4v) is 13.8. The first-order valence-electron chi connectivity index (χ1n) is 44.6. The Balaban J connectivity index is 3.88. The first-order chi connectivity index (χ1) is 51.0. The quantitative estimate of drug-likeness (QED) is 0.0211. The van der Waals surface area contributed by atoms with E-state index in [1.807, 2.05) is 21.1 Å². The molecule has 0 amide bonds. The zero-order chi connectivity index (χ0) is 75.4. The maximum Gasteiger partial charge on any atom is 0.472 e. The van der Waals surface area contributed by atoms with Gasteiger partial charge in [-0.1, -0.05) is 419 Å². The van der Waals surface area contributed by atoms with Crippen molar-refractivity contribution in [3.8, 4) is 0 Å². The molecule has 9 nitrogen and oxygen atoms in total. The molecule has 0 spiro atoms. The molecule has 0 aromatic rings. The molecule has 0 aromatic carbocycles. The number of ether oxygens (including phenoxy) is 2. The van der Waals surface area contributed by atoms with Crippen LogP contribution >= 0.6 is 7.82 Å². The lowest BCUT2D eigenvalue weighted by molar-refractivity contribution is -0.870. The van der Waals surface area contributed by atoms with Gasteiger partial charge in [-0.3, -0.25) is 18.6 Å². The number of hydrogen-bond acceptors (Lipinski definition) is 7. The molecule has 0 aliphatic heterocycles.